The number of Topliss-reactive ketones (excluding diaryl/α,β-unsaturated/α-hetero) is 1. The van der Waals surface area contributed by atoms with E-state index in [1.165, 1.54) is 19.6 Å². The first kappa shape index (κ1) is 17.2. The quantitative estimate of drug-likeness (QED) is 0.750. The number of ketones is 1. The molecule has 2 heterocycles. The Morgan fingerprint density at radius 1 is 1.12 bits per heavy atom. The van der Waals surface area contributed by atoms with Crippen molar-refractivity contribution in [3.05, 3.63) is 72.4 Å². The van der Waals surface area contributed by atoms with Crippen LogP contribution in [0.2, 0.25) is 0 Å². The summed E-state index contributed by atoms with van der Waals surface area (Å²) in [6, 6.07) is 4.15. The Kier molecular flexibility index (Phi) is 4.79. The van der Waals surface area contributed by atoms with Crippen LogP contribution in [-0.2, 0) is 11.2 Å². The van der Waals surface area contributed by atoms with Crippen molar-refractivity contribution in [1.29, 1.82) is 0 Å². The van der Waals surface area contributed by atoms with E-state index >= 15 is 0 Å². The maximum atomic E-state index is 12.4. The van der Waals surface area contributed by atoms with Gasteiger partial charge in [0.2, 0.25) is 21.1 Å². The second-order valence-electron chi connectivity index (χ2n) is 6.34. The van der Waals surface area contributed by atoms with Crippen LogP contribution in [-0.4, -0.2) is 5.78 Å². The third kappa shape index (κ3) is 3.55. The molecule has 1 aromatic rings. The highest BCUT2D eigenvalue weighted by Crippen LogP contribution is 2.36. The van der Waals surface area contributed by atoms with Crippen LogP contribution in [0.5, 0.6) is 0 Å². The predicted octanol–water partition coefficient (Wildman–Crippen LogP) is 4.48. The van der Waals surface area contributed by atoms with E-state index in [0.717, 1.165) is 11.1 Å². The third-order valence-corrected chi connectivity index (χ3v) is 5.84. The number of thioether (sulfide) groups is 1. The van der Waals surface area contributed by atoms with Gasteiger partial charge in [0, 0.05) is 37.5 Å². The number of rotatable bonds is 3. The summed E-state index contributed by atoms with van der Waals surface area (Å²) in [5.74, 6) is -0.549. The largest absolute Gasteiger partial charge is 0.874 e. The molecule has 4 heteroatoms. The molecule has 0 aromatic carbocycles. The molecule has 1 aliphatic carbocycles. The van der Waals surface area contributed by atoms with Gasteiger partial charge in [-0.15, -0.1) is 5.76 Å². The van der Waals surface area contributed by atoms with Crippen LogP contribution in [0, 0.1) is 19.8 Å². The molecule has 0 radical (unpaired) electrons. The predicted molar refractivity (Wildman–Crippen MR) is 101 cm³/mol. The minimum Gasteiger partial charge on any atom is -0.874 e. The van der Waals surface area contributed by atoms with Crippen molar-refractivity contribution in [3.63, 3.8) is 0 Å². The van der Waals surface area contributed by atoms with E-state index in [-0.39, 0.29) is 11.5 Å². The maximum Gasteiger partial charge on any atom is 0.217 e. The first-order valence-corrected chi connectivity index (χ1v) is 9.58. The molecule has 1 aromatic heterocycles. The average molecular weight is 357 g/mol. The van der Waals surface area contributed by atoms with Crippen LogP contribution in [0.15, 0.2) is 57.1 Å². The molecular weight excluding hydrogens is 336 g/mol. The summed E-state index contributed by atoms with van der Waals surface area (Å²) in [6.45, 7) is 8.18. The lowest BCUT2D eigenvalue weighted by Crippen LogP contribution is -2.38. The van der Waals surface area contributed by atoms with Gasteiger partial charge >= 0.3 is 0 Å². The lowest BCUT2D eigenvalue weighted by molar-refractivity contribution is -0.318. The molecule has 2 nitrogen and oxygen atoms in total. The van der Waals surface area contributed by atoms with E-state index in [9.17, 15) is 9.90 Å². The SMILES string of the molecule is CC1=CC(=CC2=C([O-])C(Cc3cc(C)[s+]c(C)c3)C2=O)C=C(C)S1. The Balaban J connectivity index is 1.83. The minimum atomic E-state index is -0.504. The lowest BCUT2D eigenvalue weighted by atomic mass is 9.78. The summed E-state index contributed by atoms with van der Waals surface area (Å²) in [5.41, 5.74) is 2.36. The van der Waals surface area contributed by atoms with Crippen molar-refractivity contribution in [2.75, 3.05) is 0 Å². The van der Waals surface area contributed by atoms with Gasteiger partial charge in [0.1, 0.15) is 0 Å². The van der Waals surface area contributed by atoms with Crippen LogP contribution in [0.25, 0.3) is 0 Å². The third-order valence-electron chi connectivity index (χ3n) is 4.08. The van der Waals surface area contributed by atoms with Gasteiger partial charge in [-0.2, -0.15) is 0 Å². The van der Waals surface area contributed by atoms with Gasteiger partial charge in [-0.1, -0.05) is 11.8 Å². The van der Waals surface area contributed by atoms with Crippen molar-refractivity contribution in [1.82, 2.24) is 0 Å². The summed E-state index contributed by atoms with van der Waals surface area (Å²) in [7, 11) is 0. The zero-order chi connectivity index (χ0) is 17.4. The second-order valence-corrected chi connectivity index (χ2v) is 9.33. The van der Waals surface area contributed by atoms with E-state index in [1.807, 2.05) is 26.0 Å². The molecule has 2 aliphatic rings. The summed E-state index contributed by atoms with van der Waals surface area (Å²) in [5, 5.41) is 12.4. The molecule has 1 atom stereocenters. The van der Waals surface area contributed by atoms with Crippen LogP contribution in [0.3, 0.4) is 0 Å². The number of aryl methyl sites for hydroxylation is 2. The van der Waals surface area contributed by atoms with Crippen LogP contribution in [0.4, 0.5) is 0 Å². The second kappa shape index (κ2) is 6.69. The van der Waals surface area contributed by atoms with Gasteiger partial charge in [0.25, 0.3) is 0 Å². The monoisotopic (exact) mass is 356 g/mol. The van der Waals surface area contributed by atoms with E-state index in [1.54, 1.807) is 29.2 Å². The number of carbonyl (C=O) groups excluding carboxylic acids is 1. The van der Waals surface area contributed by atoms with E-state index in [2.05, 4.69) is 26.0 Å². The molecule has 0 bridgehead atoms. The summed E-state index contributed by atoms with van der Waals surface area (Å²) in [6.07, 6.45) is 6.30. The molecule has 1 unspecified atom stereocenters. The Morgan fingerprint density at radius 3 is 2.25 bits per heavy atom. The summed E-state index contributed by atoms with van der Waals surface area (Å²) in [4.78, 5) is 17.2. The first-order chi connectivity index (χ1) is 11.3. The van der Waals surface area contributed by atoms with Crippen molar-refractivity contribution in [2.45, 2.75) is 34.1 Å². The highest BCUT2D eigenvalue weighted by Gasteiger charge is 2.32. The Hall–Kier alpha value is -1.65. The Morgan fingerprint density at radius 2 is 1.71 bits per heavy atom. The normalized spacial score (nSPS) is 20.6. The van der Waals surface area contributed by atoms with Crippen LogP contribution in [0.1, 0.15) is 29.2 Å². The molecule has 0 spiro atoms. The van der Waals surface area contributed by atoms with E-state index < -0.39 is 5.92 Å². The van der Waals surface area contributed by atoms with Gasteiger partial charge in [-0.25, -0.2) is 0 Å². The lowest BCUT2D eigenvalue weighted by Gasteiger charge is -2.35. The molecule has 0 fully saturated rings. The fourth-order valence-electron chi connectivity index (χ4n) is 3.17. The van der Waals surface area contributed by atoms with Crippen LogP contribution < -0.4 is 5.11 Å². The first-order valence-electron chi connectivity index (χ1n) is 7.95. The number of carbonyl (C=O) groups is 1. The van der Waals surface area contributed by atoms with Crippen molar-refractivity contribution < 1.29 is 9.90 Å². The molecule has 1 aliphatic heterocycles. The zero-order valence-corrected chi connectivity index (χ0v) is 15.9. The molecule has 0 saturated heterocycles. The molecule has 3 rings (SSSR count). The van der Waals surface area contributed by atoms with Crippen molar-refractivity contribution in [3.8, 4) is 0 Å². The fraction of sp³-hybridized carbons (Fsp3) is 0.300. The van der Waals surface area contributed by atoms with Gasteiger partial charge in [0.05, 0.1) is 0 Å². The molecule has 124 valence electrons. The number of hydrogen-bond donors (Lipinski definition) is 0. The number of hydrogen-bond acceptors (Lipinski definition) is 3. The molecule has 0 N–H and O–H groups in total. The Bertz CT molecular complexity index is 801. The highest BCUT2D eigenvalue weighted by atomic mass is 32.2. The average Bonchev–Trinajstić information content (AvgIpc) is 2.48. The molecule has 0 saturated carbocycles. The van der Waals surface area contributed by atoms with E-state index in [0.29, 0.717) is 12.0 Å². The van der Waals surface area contributed by atoms with E-state index in [4.69, 9.17) is 0 Å². The zero-order valence-electron chi connectivity index (χ0n) is 14.3. The van der Waals surface area contributed by atoms with Gasteiger partial charge in [0.15, 0.2) is 5.78 Å². The maximum absolute atomic E-state index is 12.4. The smallest absolute Gasteiger partial charge is 0.217 e. The summed E-state index contributed by atoms with van der Waals surface area (Å²) >= 11 is 3.43. The van der Waals surface area contributed by atoms with Gasteiger partial charge < -0.3 is 5.11 Å². The standard InChI is InChI=1S/C20H20O2S2/c1-11-5-15(6-12(2)23-11)9-17-19(21)18(20(17)22)10-16-7-13(3)24-14(4)8-16/h5-9,18H,10H2,1-4H3. The fourth-order valence-corrected chi connectivity index (χ4v) is 5.00. The number of allylic oxidation sites excluding steroid dienone is 8. The molecule has 0 amide bonds. The highest BCUT2D eigenvalue weighted by molar-refractivity contribution is 8.06. The summed E-state index contributed by atoms with van der Waals surface area (Å²) < 4.78 is 0. The Labute approximate surface area is 151 Å². The van der Waals surface area contributed by atoms with Gasteiger partial charge in [-0.3, -0.25) is 4.79 Å². The molecule has 24 heavy (non-hydrogen) atoms. The van der Waals surface area contributed by atoms with Crippen molar-refractivity contribution in [2.24, 2.45) is 5.92 Å². The van der Waals surface area contributed by atoms with Gasteiger partial charge in [-0.05, 0) is 59.4 Å². The molecular formula is C20H20O2S2. The van der Waals surface area contributed by atoms with Crippen molar-refractivity contribution >= 4 is 28.9 Å². The topological polar surface area (TPSA) is 40.1 Å². The van der Waals surface area contributed by atoms with Crippen LogP contribution >= 0.6 is 23.1 Å². The minimum absolute atomic E-state index is 0.0225.